The molecule has 0 atom stereocenters. The molecule has 0 bridgehead atoms. The van der Waals surface area contributed by atoms with Gasteiger partial charge < -0.3 is 5.73 Å². The molecule has 0 amide bonds. The third-order valence-electron chi connectivity index (χ3n) is 1.71. The van der Waals surface area contributed by atoms with Gasteiger partial charge in [0.15, 0.2) is 0 Å². The molecular weight excluding hydrogens is 209 g/mol. The number of halogens is 2. The molecule has 0 spiro atoms. The Bertz CT molecular complexity index is 411. The Hall–Kier alpha value is -0.930. The second-order valence-corrected chi connectivity index (χ2v) is 2.81. The van der Waals surface area contributed by atoms with Gasteiger partial charge >= 0.3 is 0 Å². The smallest absolute Gasteiger partial charge is 0.138 e. The van der Waals surface area contributed by atoms with E-state index in [-0.39, 0.29) is 12.4 Å². The standard InChI is InChI=1S/C8H8ClN3.ClH/c9-4-6-5-12-7(10)2-1-3-8(12)11-6;/h1-3,5H,4,10H2;1H. The van der Waals surface area contributed by atoms with E-state index in [0.717, 1.165) is 11.3 Å². The van der Waals surface area contributed by atoms with Crippen LogP contribution in [0.3, 0.4) is 0 Å². The van der Waals surface area contributed by atoms with E-state index in [1.54, 1.807) is 0 Å². The van der Waals surface area contributed by atoms with Crippen LogP contribution in [0.4, 0.5) is 5.82 Å². The first kappa shape index (κ1) is 10.2. The average molecular weight is 218 g/mol. The number of imidazole rings is 1. The lowest BCUT2D eigenvalue weighted by molar-refractivity contribution is 1.20. The number of alkyl halides is 1. The van der Waals surface area contributed by atoms with Crippen molar-refractivity contribution in [2.75, 3.05) is 5.73 Å². The van der Waals surface area contributed by atoms with E-state index in [4.69, 9.17) is 17.3 Å². The molecule has 0 aliphatic carbocycles. The van der Waals surface area contributed by atoms with Gasteiger partial charge in [-0.1, -0.05) is 6.07 Å². The van der Waals surface area contributed by atoms with E-state index in [1.165, 1.54) is 0 Å². The molecular formula is C8H9Cl2N3. The normalized spacial score (nSPS) is 9.92. The maximum Gasteiger partial charge on any atom is 0.138 e. The molecule has 2 heterocycles. The van der Waals surface area contributed by atoms with Gasteiger partial charge in [0.25, 0.3) is 0 Å². The van der Waals surface area contributed by atoms with E-state index < -0.39 is 0 Å². The van der Waals surface area contributed by atoms with Crippen molar-refractivity contribution in [3.05, 3.63) is 30.1 Å². The van der Waals surface area contributed by atoms with E-state index in [9.17, 15) is 0 Å². The molecule has 0 aliphatic rings. The van der Waals surface area contributed by atoms with Gasteiger partial charge in [-0.05, 0) is 12.1 Å². The van der Waals surface area contributed by atoms with Crippen molar-refractivity contribution in [3.63, 3.8) is 0 Å². The Morgan fingerprint density at radius 3 is 2.85 bits per heavy atom. The summed E-state index contributed by atoms with van der Waals surface area (Å²) in [5.74, 6) is 1.09. The molecule has 2 aromatic rings. The van der Waals surface area contributed by atoms with Crippen LogP contribution in [0, 0.1) is 0 Å². The maximum atomic E-state index is 5.70. The number of hydrogen-bond acceptors (Lipinski definition) is 2. The summed E-state index contributed by atoms with van der Waals surface area (Å²) < 4.78 is 1.82. The molecule has 0 fully saturated rings. The van der Waals surface area contributed by atoms with Gasteiger partial charge in [0.2, 0.25) is 0 Å². The fraction of sp³-hybridized carbons (Fsp3) is 0.125. The van der Waals surface area contributed by atoms with Crippen molar-refractivity contribution in [2.24, 2.45) is 0 Å². The summed E-state index contributed by atoms with van der Waals surface area (Å²) in [6, 6.07) is 5.59. The lowest BCUT2D eigenvalue weighted by Crippen LogP contribution is -1.93. The zero-order chi connectivity index (χ0) is 8.55. The Morgan fingerprint density at radius 2 is 2.23 bits per heavy atom. The average Bonchev–Trinajstić information content (AvgIpc) is 2.49. The first-order chi connectivity index (χ1) is 5.81. The number of fused-ring (bicyclic) bond motifs is 1. The predicted octanol–water partition coefficient (Wildman–Crippen LogP) is 2.08. The zero-order valence-electron chi connectivity index (χ0n) is 6.77. The Kier molecular flexibility index (Phi) is 3.01. The first-order valence-corrected chi connectivity index (χ1v) is 4.13. The van der Waals surface area contributed by atoms with Gasteiger partial charge in [0.1, 0.15) is 11.5 Å². The largest absolute Gasteiger partial charge is 0.385 e. The summed E-state index contributed by atoms with van der Waals surface area (Å²) in [5.41, 5.74) is 7.38. The number of nitrogens with zero attached hydrogens (tertiary/aromatic N) is 2. The van der Waals surface area contributed by atoms with Gasteiger partial charge in [-0.2, -0.15) is 0 Å². The van der Waals surface area contributed by atoms with Crippen LogP contribution in [0.2, 0.25) is 0 Å². The molecule has 13 heavy (non-hydrogen) atoms. The number of anilines is 1. The predicted molar refractivity (Wildman–Crippen MR) is 56.4 cm³/mol. The zero-order valence-corrected chi connectivity index (χ0v) is 8.35. The van der Waals surface area contributed by atoms with Crippen LogP contribution in [0.5, 0.6) is 0 Å². The van der Waals surface area contributed by atoms with Gasteiger partial charge in [0, 0.05) is 6.20 Å². The van der Waals surface area contributed by atoms with Crippen LogP contribution in [-0.4, -0.2) is 9.38 Å². The minimum Gasteiger partial charge on any atom is -0.385 e. The summed E-state index contributed by atoms with van der Waals surface area (Å²) in [7, 11) is 0. The minimum atomic E-state index is 0. The second-order valence-electron chi connectivity index (χ2n) is 2.54. The molecule has 0 saturated carbocycles. The summed E-state index contributed by atoms with van der Waals surface area (Å²) in [5, 5.41) is 0. The van der Waals surface area contributed by atoms with Gasteiger partial charge in [-0.25, -0.2) is 4.98 Å². The van der Waals surface area contributed by atoms with Crippen molar-refractivity contribution in [3.8, 4) is 0 Å². The molecule has 0 unspecified atom stereocenters. The SMILES string of the molecule is Cl.Nc1cccc2nc(CCl)cn12. The molecule has 70 valence electrons. The highest BCUT2D eigenvalue weighted by molar-refractivity contribution is 6.16. The third-order valence-corrected chi connectivity index (χ3v) is 1.98. The number of nitrogens with two attached hydrogens (primary N) is 1. The lowest BCUT2D eigenvalue weighted by Gasteiger charge is -1.95. The van der Waals surface area contributed by atoms with Crippen molar-refractivity contribution in [1.29, 1.82) is 0 Å². The quantitative estimate of drug-likeness (QED) is 0.744. The lowest BCUT2D eigenvalue weighted by atomic mass is 10.4. The number of rotatable bonds is 1. The van der Waals surface area contributed by atoms with Crippen LogP contribution in [0.15, 0.2) is 24.4 Å². The van der Waals surface area contributed by atoms with Crippen molar-refractivity contribution in [1.82, 2.24) is 9.38 Å². The number of nitrogen functional groups attached to an aromatic ring is 1. The molecule has 2 aromatic heterocycles. The van der Waals surface area contributed by atoms with E-state index >= 15 is 0 Å². The summed E-state index contributed by atoms with van der Waals surface area (Å²) in [6.07, 6.45) is 1.84. The highest BCUT2D eigenvalue weighted by Gasteiger charge is 2.00. The topological polar surface area (TPSA) is 43.3 Å². The highest BCUT2D eigenvalue weighted by Crippen LogP contribution is 2.11. The van der Waals surface area contributed by atoms with Crippen molar-refractivity contribution in [2.45, 2.75) is 5.88 Å². The van der Waals surface area contributed by atoms with Gasteiger partial charge in [-0.15, -0.1) is 24.0 Å². The molecule has 0 radical (unpaired) electrons. The monoisotopic (exact) mass is 217 g/mol. The molecule has 3 nitrogen and oxygen atoms in total. The molecule has 0 aliphatic heterocycles. The molecule has 5 heteroatoms. The van der Waals surface area contributed by atoms with Crippen LogP contribution >= 0.6 is 24.0 Å². The molecule has 0 saturated heterocycles. The van der Waals surface area contributed by atoms with Crippen molar-refractivity contribution < 1.29 is 0 Å². The minimum absolute atomic E-state index is 0. The molecule has 2 rings (SSSR count). The number of aromatic nitrogens is 2. The third kappa shape index (κ3) is 1.71. The van der Waals surface area contributed by atoms with E-state index in [0.29, 0.717) is 11.7 Å². The Balaban J connectivity index is 0.000000845. The van der Waals surface area contributed by atoms with Gasteiger partial charge in [0.05, 0.1) is 11.6 Å². The highest BCUT2D eigenvalue weighted by atomic mass is 35.5. The van der Waals surface area contributed by atoms with Crippen LogP contribution in [-0.2, 0) is 5.88 Å². The molecule has 0 aromatic carbocycles. The summed E-state index contributed by atoms with van der Waals surface area (Å²) >= 11 is 5.63. The first-order valence-electron chi connectivity index (χ1n) is 3.59. The summed E-state index contributed by atoms with van der Waals surface area (Å²) in [6.45, 7) is 0. The van der Waals surface area contributed by atoms with E-state index in [2.05, 4.69) is 4.98 Å². The summed E-state index contributed by atoms with van der Waals surface area (Å²) in [4.78, 5) is 4.24. The van der Waals surface area contributed by atoms with Crippen LogP contribution in [0.1, 0.15) is 5.69 Å². The van der Waals surface area contributed by atoms with Gasteiger partial charge in [-0.3, -0.25) is 4.40 Å². The van der Waals surface area contributed by atoms with Crippen LogP contribution in [0.25, 0.3) is 5.65 Å². The maximum absolute atomic E-state index is 5.70. The fourth-order valence-electron chi connectivity index (χ4n) is 1.15. The van der Waals surface area contributed by atoms with Crippen LogP contribution < -0.4 is 5.73 Å². The Labute approximate surface area is 86.9 Å². The van der Waals surface area contributed by atoms with Crippen molar-refractivity contribution >= 4 is 35.5 Å². The fourth-order valence-corrected chi connectivity index (χ4v) is 1.28. The Morgan fingerprint density at radius 1 is 1.46 bits per heavy atom. The number of pyridine rings is 1. The molecule has 2 N–H and O–H groups in total. The number of hydrogen-bond donors (Lipinski definition) is 1. The van der Waals surface area contributed by atoms with E-state index in [1.807, 2.05) is 28.8 Å². The second kappa shape index (κ2) is 3.85.